The Kier molecular flexibility index (Phi) is 5.98. The van der Waals surface area contributed by atoms with Crippen LogP contribution in [0.5, 0.6) is 5.75 Å². The molecule has 2 atom stereocenters. The first kappa shape index (κ1) is 22.4. The van der Waals surface area contributed by atoms with Crippen molar-refractivity contribution in [3.8, 4) is 23.1 Å². The fourth-order valence-electron chi connectivity index (χ4n) is 3.99. The third-order valence-corrected chi connectivity index (χ3v) is 6.46. The van der Waals surface area contributed by atoms with Crippen molar-refractivity contribution in [2.45, 2.75) is 18.7 Å². The van der Waals surface area contributed by atoms with E-state index in [4.69, 9.17) is 33.7 Å². The van der Waals surface area contributed by atoms with E-state index in [0.717, 1.165) is 23.9 Å². The third kappa shape index (κ3) is 3.91. The number of benzene rings is 1. The minimum absolute atomic E-state index is 0.0111. The van der Waals surface area contributed by atoms with Gasteiger partial charge in [-0.15, -0.1) is 0 Å². The van der Waals surface area contributed by atoms with Gasteiger partial charge < -0.3 is 14.7 Å². The number of aliphatic hydroxyl groups is 1. The van der Waals surface area contributed by atoms with E-state index >= 15 is 0 Å². The van der Waals surface area contributed by atoms with Crippen molar-refractivity contribution in [3.63, 3.8) is 0 Å². The summed E-state index contributed by atoms with van der Waals surface area (Å²) in [6.45, 7) is 0.781. The Morgan fingerprint density at radius 2 is 2.06 bits per heavy atom. The molecule has 0 spiro atoms. The first-order chi connectivity index (χ1) is 16.5. The predicted octanol–water partition coefficient (Wildman–Crippen LogP) is 3.81. The SMILES string of the molecule is N#Cc1cc(-c2n[nH]c3ccc(O[C@H](N)c4c(Cl)cncc4Cl)cc23)cnc1N1CC[C@@H]1CO. The van der Waals surface area contributed by atoms with E-state index in [0.29, 0.717) is 44.0 Å². The fourth-order valence-corrected chi connectivity index (χ4v) is 4.57. The predicted molar refractivity (Wildman–Crippen MR) is 129 cm³/mol. The molecule has 0 unspecified atom stereocenters. The van der Waals surface area contributed by atoms with Crippen LogP contribution in [-0.2, 0) is 0 Å². The Hall–Kier alpha value is -3.42. The topological polar surface area (TPSA) is 137 Å². The van der Waals surface area contributed by atoms with Crippen LogP contribution >= 0.6 is 23.2 Å². The third-order valence-electron chi connectivity index (χ3n) is 5.86. The van der Waals surface area contributed by atoms with Crippen LogP contribution in [0.3, 0.4) is 0 Å². The second-order valence-corrected chi connectivity index (χ2v) is 8.67. The van der Waals surface area contributed by atoms with E-state index in [1.807, 2.05) is 11.0 Å². The van der Waals surface area contributed by atoms with E-state index in [9.17, 15) is 10.4 Å². The summed E-state index contributed by atoms with van der Waals surface area (Å²) < 4.78 is 5.91. The summed E-state index contributed by atoms with van der Waals surface area (Å²) in [5.74, 6) is 1.06. The van der Waals surface area contributed by atoms with E-state index in [2.05, 4.69) is 26.2 Å². The Morgan fingerprint density at radius 3 is 2.74 bits per heavy atom. The summed E-state index contributed by atoms with van der Waals surface area (Å²) in [7, 11) is 0. The Balaban J connectivity index is 1.47. The van der Waals surface area contributed by atoms with Crippen molar-refractivity contribution in [1.82, 2.24) is 20.2 Å². The number of aromatic amines is 1. The van der Waals surface area contributed by atoms with Gasteiger partial charge in [0.25, 0.3) is 0 Å². The van der Waals surface area contributed by atoms with Gasteiger partial charge in [0.05, 0.1) is 33.8 Å². The monoisotopic (exact) mass is 495 g/mol. The lowest BCUT2D eigenvalue weighted by Gasteiger charge is -2.41. The maximum Gasteiger partial charge on any atom is 0.177 e. The van der Waals surface area contributed by atoms with Crippen molar-refractivity contribution in [2.24, 2.45) is 5.73 Å². The van der Waals surface area contributed by atoms with Gasteiger partial charge in [0.15, 0.2) is 6.23 Å². The second-order valence-electron chi connectivity index (χ2n) is 7.86. The average molecular weight is 496 g/mol. The number of fused-ring (bicyclic) bond motifs is 1. The second kappa shape index (κ2) is 9.08. The highest BCUT2D eigenvalue weighted by Crippen LogP contribution is 2.35. The molecule has 34 heavy (non-hydrogen) atoms. The normalized spacial score (nSPS) is 16.2. The molecule has 0 amide bonds. The van der Waals surface area contributed by atoms with Gasteiger partial charge in [0, 0.05) is 41.6 Å². The largest absolute Gasteiger partial charge is 0.471 e. The van der Waals surface area contributed by atoms with Crippen molar-refractivity contribution in [1.29, 1.82) is 5.26 Å². The quantitative estimate of drug-likeness (QED) is 0.343. The highest BCUT2D eigenvalue weighted by molar-refractivity contribution is 6.35. The number of nitrogens with one attached hydrogen (secondary N) is 1. The molecule has 9 nitrogen and oxygen atoms in total. The van der Waals surface area contributed by atoms with Gasteiger partial charge in [-0.05, 0) is 30.7 Å². The summed E-state index contributed by atoms with van der Waals surface area (Å²) in [5.41, 5.74) is 9.14. The van der Waals surface area contributed by atoms with Gasteiger partial charge in [0.2, 0.25) is 0 Å². The Labute approximate surface area is 204 Å². The van der Waals surface area contributed by atoms with Gasteiger partial charge in [0.1, 0.15) is 23.3 Å². The number of rotatable bonds is 6. The molecule has 1 fully saturated rings. The zero-order valence-electron chi connectivity index (χ0n) is 17.7. The smallest absolute Gasteiger partial charge is 0.177 e. The summed E-state index contributed by atoms with van der Waals surface area (Å²) in [6.07, 6.45) is 4.55. The summed E-state index contributed by atoms with van der Waals surface area (Å²) in [6, 6.07) is 9.33. The van der Waals surface area contributed by atoms with E-state index in [1.54, 1.807) is 24.4 Å². The lowest BCUT2D eigenvalue weighted by molar-refractivity contribution is 0.214. The van der Waals surface area contributed by atoms with Crippen LogP contribution in [-0.4, -0.2) is 44.5 Å². The first-order valence-electron chi connectivity index (χ1n) is 10.5. The molecule has 1 aromatic carbocycles. The number of hydrogen-bond acceptors (Lipinski definition) is 8. The van der Waals surface area contributed by atoms with Gasteiger partial charge >= 0.3 is 0 Å². The average Bonchev–Trinajstić information content (AvgIpc) is 3.22. The van der Waals surface area contributed by atoms with Crippen LogP contribution in [0.4, 0.5) is 5.82 Å². The number of aliphatic hydroxyl groups excluding tert-OH is 1. The molecular formula is C23H19Cl2N7O2. The molecule has 11 heteroatoms. The number of halogens is 2. The molecule has 0 saturated carbocycles. The molecule has 4 heterocycles. The van der Waals surface area contributed by atoms with Gasteiger partial charge in [-0.3, -0.25) is 15.8 Å². The number of pyridine rings is 2. The zero-order valence-corrected chi connectivity index (χ0v) is 19.3. The first-order valence-corrected chi connectivity index (χ1v) is 11.2. The molecule has 4 aromatic rings. The van der Waals surface area contributed by atoms with Crippen molar-refractivity contribution in [3.05, 3.63) is 64.0 Å². The number of nitrogens with two attached hydrogens (primary N) is 1. The van der Waals surface area contributed by atoms with E-state index in [-0.39, 0.29) is 12.6 Å². The number of hydrogen-bond donors (Lipinski definition) is 3. The molecule has 4 N–H and O–H groups in total. The van der Waals surface area contributed by atoms with Gasteiger partial charge in [-0.25, -0.2) is 4.98 Å². The lowest BCUT2D eigenvalue weighted by Crippen LogP contribution is -2.50. The number of nitriles is 1. The highest BCUT2D eigenvalue weighted by atomic mass is 35.5. The number of nitrogens with zero attached hydrogens (tertiary/aromatic N) is 5. The van der Waals surface area contributed by atoms with Crippen molar-refractivity contribution < 1.29 is 9.84 Å². The number of ether oxygens (including phenoxy) is 1. The Bertz CT molecular complexity index is 1400. The zero-order chi connectivity index (χ0) is 23.8. The molecule has 1 saturated heterocycles. The summed E-state index contributed by atoms with van der Waals surface area (Å²) in [4.78, 5) is 10.4. The molecule has 1 aliphatic heterocycles. The Morgan fingerprint density at radius 1 is 1.26 bits per heavy atom. The van der Waals surface area contributed by atoms with Gasteiger partial charge in [-0.1, -0.05) is 23.2 Å². The number of H-pyrrole nitrogens is 1. The molecule has 0 aliphatic carbocycles. The molecule has 0 bridgehead atoms. The van der Waals surface area contributed by atoms with Crippen molar-refractivity contribution >= 4 is 39.9 Å². The van der Waals surface area contributed by atoms with Gasteiger partial charge in [-0.2, -0.15) is 10.4 Å². The summed E-state index contributed by atoms with van der Waals surface area (Å²) >= 11 is 12.4. The van der Waals surface area contributed by atoms with E-state index < -0.39 is 6.23 Å². The molecule has 172 valence electrons. The maximum absolute atomic E-state index is 9.71. The van der Waals surface area contributed by atoms with Crippen LogP contribution in [0.1, 0.15) is 23.8 Å². The summed E-state index contributed by atoms with van der Waals surface area (Å²) in [5, 5.41) is 28.0. The minimum Gasteiger partial charge on any atom is -0.471 e. The standard InChI is InChI=1S/C23H19Cl2N7O2/c24-17-9-28-10-18(25)20(17)22(27)34-15-1-2-19-16(6-15)21(31-30-19)13-5-12(7-26)23(29-8-13)32-4-3-14(32)11-33/h1-2,5-6,8-10,14,22,33H,3-4,11,27H2,(H,30,31)/t14-,22+/m1/s1. The van der Waals surface area contributed by atoms with Crippen LogP contribution in [0.25, 0.3) is 22.2 Å². The van der Waals surface area contributed by atoms with Crippen LogP contribution in [0.15, 0.2) is 42.9 Å². The number of anilines is 1. The molecule has 0 radical (unpaired) electrons. The molecule has 5 rings (SSSR count). The van der Waals surface area contributed by atoms with Crippen LogP contribution < -0.4 is 15.4 Å². The fraction of sp³-hybridized carbons (Fsp3) is 0.217. The lowest BCUT2D eigenvalue weighted by atomic mass is 10.0. The van der Waals surface area contributed by atoms with Crippen LogP contribution in [0, 0.1) is 11.3 Å². The minimum atomic E-state index is -0.905. The molecule has 1 aliphatic rings. The highest BCUT2D eigenvalue weighted by Gasteiger charge is 2.30. The number of aromatic nitrogens is 4. The van der Waals surface area contributed by atoms with Crippen LogP contribution in [0.2, 0.25) is 10.0 Å². The molecular weight excluding hydrogens is 477 g/mol. The van der Waals surface area contributed by atoms with E-state index in [1.165, 1.54) is 12.4 Å². The molecule has 3 aromatic heterocycles. The van der Waals surface area contributed by atoms with Crippen molar-refractivity contribution in [2.75, 3.05) is 18.1 Å². The maximum atomic E-state index is 9.71.